The second kappa shape index (κ2) is 11.3. The summed E-state index contributed by atoms with van der Waals surface area (Å²) in [5, 5.41) is 3.45. The van der Waals surface area contributed by atoms with E-state index in [0.717, 1.165) is 40.2 Å². The Morgan fingerprint density at radius 1 is 0.775 bits per heavy atom. The number of aryl methyl sites for hydroxylation is 1. The van der Waals surface area contributed by atoms with E-state index in [1.807, 2.05) is 36.4 Å². The Morgan fingerprint density at radius 3 is 1.80 bits per heavy atom. The lowest BCUT2D eigenvalue weighted by Gasteiger charge is -2.40. The van der Waals surface area contributed by atoms with Crippen LogP contribution in [0.5, 0.6) is 0 Å². The predicted octanol–water partition coefficient (Wildman–Crippen LogP) is 5.57. The first-order valence-corrected chi connectivity index (χ1v) is 13.9. The van der Waals surface area contributed by atoms with Crippen molar-refractivity contribution in [3.63, 3.8) is 0 Å². The molecule has 1 atom stereocenters. The molecule has 5 aromatic rings. The number of imidazole rings is 1. The van der Waals surface area contributed by atoms with Gasteiger partial charge in [0.1, 0.15) is 5.54 Å². The molecule has 0 unspecified atom stereocenters. The first-order chi connectivity index (χ1) is 19.7. The summed E-state index contributed by atoms with van der Waals surface area (Å²) in [4.78, 5) is 20.6. The lowest BCUT2D eigenvalue weighted by Crippen LogP contribution is -2.55. The highest BCUT2D eigenvalue weighted by molar-refractivity contribution is 5.83. The maximum atomic E-state index is 13.8. The van der Waals surface area contributed by atoms with Gasteiger partial charge < -0.3 is 14.8 Å². The molecule has 1 fully saturated rings. The van der Waals surface area contributed by atoms with Crippen LogP contribution >= 0.6 is 0 Å². The van der Waals surface area contributed by atoms with Crippen LogP contribution in [0.2, 0.25) is 0 Å². The number of benzene rings is 4. The first kappa shape index (κ1) is 25.8. The zero-order valence-electron chi connectivity index (χ0n) is 22.8. The molecule has 0 saturated carbocycles. The van der Waals surface area contributed by atoms with E-state index < -0.39 is 5.54 Å². The van der Waals surface area contributed by atoms with Gasteiger partial charge in [0.25, 0.3) is 0 Å². The summed E-state index contributed by atoms with van der Waals surface area (Å²) >= 11 is 0. The Morgan fingerprint density at radius 2 is 1.27 bits per heavy atom. The first-order valence-electron chi connectivity index (χ1n) is 13.9. The second-order valence-electron chi connectivity index (χ2n) is 10.4. The minimum atomic E-state index is -0.666. The number of nitrogens with zero attached hydrogens (tertiary/aromatic N) is 3. The molecule has 1 aromatic heterocycles. The predicted molar refractivity (Wildman–Crippen MR) is 159 cm³/mol. The molecular weight excluding hydrogens is 492 g/mol. The number of nitrogens with one attached hydrogen (secondary N) is 1. The lowest BCUT2D eigenvalue weighted by atomic mass is 9.76. The van der Waals surface area contributed by atoms with Gasteiger partial charge in [0.05, 0.1) is 30.3 Å². The summed E-state index contributed by atoms with van der Waals surface area (Å²) in [6.45, 7) is 3.96. The summed E-state index contributed by atoms with van der Waals surface area (Å²) < 4.78 is 2.30. The lowest BCUT2D eigenvalue weighted by molar-refractivity contribution is -0.136. The van der Waals surface area contributed by atoms with Gasteiger partial charge in [0.2, 0.25) is 5.91 Å². The minimum absolute atomic E-state index is 0.131. The van der Waals surface area contributed by atoms with Crippen molar-refractivity contribution in [2.75, 3.05) is 13.1 Å². The van der Waals surface area contributed by atoms with Crippen LogP contribution in [0.4, 0.5) is 0 Å². The minimum Gasteiger partial charge on any atom is -0.334 e. The fraction of sp³-hybridized carbons (Fsp3) is 0.200. The van der Waals surface area contributed by atoms with Gasteiger partial charge >= 0.3 is 0 Å². The molecule has 0 bridgehead atoms. The van der Waals surface area contributed by atoms with Gasteiger partial charge in [-0.2, -0.15) is 0 Å². The molecule has 6 rings (SSSR count). The van der Waals surface area contributed by atoms with Gasteiger partial charge in [-0.15, -0.1) is 0 Å². The number of carbonyl (C=O) groups is 1. The van der Waals surface area contributed by atoms with Crippen molar-refractivity contribution < 1.29 is 4.79 Å². The van der Waals surface area contributed by atoms with Crippen LogP contribution in [0.25, 0.3) is 0 Å². The Bertz CT molecular complexity index is 1450. The van der Waals surface area contributed by atoms with Crippen LogP contribution in [-0.2, 0) is 23.3 Å². The van der Waals surface area contributed by atoms with Gasteiger partial charge in [0, 0.05) is 13.1 Å². The average Bonchev–Trinajstić information content (AvgIpc) is 3.37. The monoisotopic (exact) mass is 526 g/mol. The smallest absolute Gasteiger partial charge is 0.240 e. The molecule has 200 valence electrons. The number of hydrogen-bond donors (Lipinski definition) is 1. The van der Waals surface area contributed by atoms with Crippen molar-refractivity contribution in [2.24, 2.45) is 0 Å². The van der Waals surface area contributed by atoms with Crippen LogP contribution in [0, 0.1) is 6.92 Å². The van der Waals surface area contributed by atoms with Crippen molar-refractivity contribution in [1.29, 1.82) is 0 Å². The fourth-order valence-electron chi connectivity index (χ4n) is 6.04. The highest BCUT2D eigenvalue weighted by Gasteiger charge is 2.41. The van der Waals surface area contributed by atoms with E-state index >= 15 is 0 Å². The quantitative estimate of drug-likeness (QED) is 0.269. The average molecular weight is 527 g/mol. The van der Waals surface area contributed by atoms with Gasteiger partial charge in [-0.1, -0.05) is 121 Å². The van der Waals surface area contributed by atoms with Crippen molar-refractivity contribution in [3.05, 3.63) is 161 Å². The Hall–Kier alpha value is -4.48. The number of carbonyl (C=O) groups excluding carboxylic acids is 1. The molecule has 40 heavy (non-hydrogen) atoms. The zero-order chi connectivity index (χ0) is 27.4. The van der Waals surface area contributed by atoms with Crippen molar-refractivity contribution in [1.82, 2.24) is 19.8 Å². The summed E-state index contributed by atoms with van der Waals surface area (Å²) in [6, 6.07) is 41.8. The normalized spacial score (nSPS) is 15.8. The molecule has 1 N–H and O–H groups in total. The summed E-state index contributed by atoms with van der Waals surface area (Å²) in [7, 11) is 0. The van der Waals surface area contributed by atoms with E-state index in [1.165, 1.54) is 0 Å². The van der Waals surface area contributed by atoms with E-state index in [2.05, 4.69) is 113 Å². The zero-order valence-corrected chi connectivity index (χ0v) is 22.8. The molecule has 0 aliphatic carbocycles. The SMILES string of the molecule is Cc1ncn(C(c2ccccc2)(c2ccccc2)c2ccccc2)c1CN1CCN[C@H](Cc2ccccc2)C1=O. The maximum Gasteiger partial charge on any atom is 0.240 e. The van der Waals surface area contributed by atoms with Crippen molar-refractivity contribution in [2.45, 2.75) is 31.5 Å². The largest absolute Gasteiger partial charge is 0.334 e. The fourth-order valence-corrected chi connectivity index (χ4v) is 6.04. The highest BCUT2D eigenvalue weighted by Crippen LogP contribution is 2.42. The third-order valence-electron chi connectivity index (χ3n) is 8.02. The van der Waals surface area contributed by atoms with Gasteiger partial charge in [-0.05, 0) is 35.6 Å². The number of hydrogen-bond acceptors (Lipinski definition) is 3. The van der Waals surface area contributed by atoms with E-state index in [9.17, 15) is 4.79 Å². The molecule has 1 aliphatic rings. The molecule has 1 aliphatic heterocycles. The van der Waals surface area contributed by atoms with Crippen molar-refractivity contribution in [3.8, 4) is 0 Å². The highest BCUT2D eigenvalue weighted by atomic mass is 16.2. The summed E-state index contributed by atoms with van der Waals surface area (Å²) in [5.74, 6) is 0.131. The second-order valence-corrected chi connectivity index (χ2v) is 10.4. The molecule has 5 heteroatoms. The molecule has 0 spiro atoms. The van der Waals surface area contributed by atoms with Gasteiger partial charge in [-0.3, -0.25) is 4.79 Å². The van der Waals surface area contributed by atoms with Crippen molar-refractivity contribution >= 4 is 5.91 Å². The summed E-state index contributed by atoms with van der Waals surface area (Å²) in [6.07, 6.45) is 2.63. The molecule has 4 aromatic carbocycles. The Labute approximate surface area is 236 Å². The third-order valence-corrected chi connectivity index (χ3v) is 8.02. The number of rotatable bonds is 8. The van der Waals surface area contributed by atoms with Gasteiger partial charge in [0.15, 0.2) is 0 Å². The Balaban J connectivity index is 1.46. The van der Waals surface area contributed by atoms with E-state index in [0.29, 0.717) is 19.5 Å². The van der Waals surface area contributed by atoms with Crippen LogP contribution in [0.15, 0.2) is 128 Å². The maximum absolute atomic E-state index is 13.8. The van der Waals surface area contributed by atoms with Crippen LogP contribution in [-0.4, -0.2) is 39.5 Å². The number of aromatic nitrogens is 2. The third kappa shape index (κ3) is 4.74. The van der Waals surface area contributed by atoms with E-state index in [1.54, 1.807) is 0 Å². The number of amides is 1. The summed E-state index contributed by atoms with van der Waals surface area (Å²) in [5.41, 5.74) is 5.87. The van der Waals surface area contributed by atoms with E-state index in [4.69, 9.17) is 4.98 Å². The molecule has 5 nitrogen and oxygen atoms in total. The number of piperazine rings is 1. The molecular formula is C35H34N4O. The van der Waals surface area contributed by atoms with Crippen LogP contribution in [0.3, 0.4) is 0 Å². The molecule has 2 heterocycles. The Kier molecular flexibility index (Phi) is 7.30. The van der Waals surface area contributed by atoms with Crippen LogP contribution < -0.4 is 5.32 Å². The standard InChI is InChI=1S/C35H34N4O/c1-27-33(25-38-23-22-36-32(34(38)40)24-28-14-6-2-7-15-28)39(26-37-27)35(29-16-8-3-9-17-29,30-18-10-4-11-19-30)31-20-12-5-13-21-31/h2-21,26,32,36H,22-25H2,1H3/t32-/m1/s1. The van der Waals surface area contributed by atoms with Crippen LogP contribution in [0.1, 0.15) is 33.6 Å². The van der Waals surface area contributed by atoms with Gasteiger partial charge in [-0.25, -0.2) is 4.98 Å². The molecule has 0 radical (unpaired) electrons. The molecule has 1 amide bonds. The molecule has 1 saturated heterocycles. The van der Waals surface area contributed by atoms with E-state index in [-0.39, 0.29) is 11.9 Å². The topological polar surface area (TPSA) is 50.2 Å².